The molecule has 2 aromatic heterocycles. The van der Waals surface area contributed by atoms with Gasteiger partial charge in [-0.1, -0.05) is 164 Å². The van der Waals surface area contributed by atoms with E-state index in [1.165, 1.54) is 64.0 Å². The van der Waals surface area contributed by atoms with E-state index in [9.17, 15) is 0 Å². The standard InChI is InChI=1S/C52H37N3S/c1-3-46(37-19-9-5-10-20-37)54-52(38-21-11-6-12-22-38)53-34(2)55-47-30-28-41(40-27-26-35-16-13-14-23-39(35)32-40)33-45(47)43-29-31-48-49(50(43)55)44-25-15-24-42(51(44)56-48)36-17-7-4-8-18-36/h3-33H,1-2H3/b46-3-,53-34+,54-52-. The minimum absolute atomic E-state index is 0.663. The highest BCUT2D eigenvalue weighted by atomic mass is 32.1. The first-order valence-electron chi connectivity index (χ1n) is 19.0. The molecule has 0 N–H and O–H groups in total. The molecule has 10 rings (SSSR count). The van der Waals surface area contributed by atoms with Gasteiger partial charge in [-0.05, 0) is 76.7 Å². The monoisotopic (exact) mass is 735 g/mol. The fraction of sp³-hybridized carbons (Fsp3) is 0.0385. The lowest BCUT2D eigenvalue weighted by molar-refractivity contribution is 1.25. The number of rotatable bonds is 5. The molecule has 0 aliphatic heterocycles. The number of hydrogen-bond donors (Lipinski definition) is 0. The van der Waals surface area contributed by atoms with Crippen LogP contribution in [0.4, 0.5) is 0 Å². The molecular weight excluding hydrogens is 699 g/mol. The van der Waals surface area contributed by atoms with Crippen molar-refractivity contribution in [1.82, 2.24) is 4.57 Å². The number of aliphatic imine (C=N–C) groups is 2. The number of aromatic nitrogens is 1. The predicted molar refractivity (Wildman–Crippen MR) is 242 cm³/mol. The van der Waals surface area contributed by atoms with E-state index < -0.39 is 0 Å². The molecule has 0 unspecified atom stereocenters. The van der Waals surface area contributed by atoms with E-state index in [-0.39, 0.29) is 0 Å². The van der Waals surface area contributed by atoms with Crippen LogP contribution in [-0.2, 0) is 0 Å². The highest BCUT2D eigenvalue weighted by Gasteiger charge is 2.21. The fourth-order valence-corrected chi connectivity index (χ4v) is 9.32. The Hall–Kier alpha value is -6.88. The normalized spacial score (nSPS) is 12.8. The van der Waals surface area contributed by atoms with Crippen LogP contribution >= 0.6 is 11.3 Å². The summed E-state index contributed by atoms with van der Waals surface area (Å²) in [6, 6.07) is 64.9. The Balaban J connectivity index is 1.26. The van der Waals surface area contributed by atoms with E-state index in [0.29, 0.717) is 5.84 Å². The van der Waals surface area contributed by atoms with Gasteiger partial charge in [0.25, 0.3) is 0 Å². The zero-order chi connectivity index (χ0) is 37.6. The van der Waals surface area contributed by atoms with E-state index in [0.717, 1.165) is 33.7 Å². The molecule has 0 amide bonds. The zero-order valence-electron chi connectivity index (χ0n) is 31.1. The number of allylic oxidation sites excluding steroid dienone is 1. The highest BCUT2D eigenvalue weighted by molar-refractivity contribution is 7.26. The number of amidine groups is 1. The molecule has 0 fully saturated rings. The smallest absolute Gasteiger partial charge is 0.161 e. The summed E-state index contributed by atoms with van der Waals surface area (Å²) in [7, 11) is 0. The van der Waals surface area contributed by atoms with Crippen LogP contribution in [0.5, 0.6) is 0 Å². The Morgan fingerprint density at radius 2 is 1.21 bits per heavy atom. The van der Waals surface area contributed by atoms with Gasteiger partial charge in [0.1, 0.15) is 5.84 Å². The van der Waals surface area contributed by atoms with Crippen molar-refractivity contribution < 1.29 is 0 Å². The van der Waals surface area contributed by atoms with Gasteiger partial charge in [-0.15, -0.1) is 11.3 Å². The van der Waals surface area contributed by atoms with Crippen LogP contribution < -0.4 is 0 Å². The predicted octanol–water partition coefficient (Wildman–Crippen LogP) is 14.4. The molecule has 0 saturated carbocycles. The summed E-state index contributed by atoms with van der Waals surface area (Å²) in [6.45, 7) is 4.16. The van der Waals surface area contributed by atoms with Gasteiger partial charge in [0, 0.05) is 36.5 Å². The Morgan fingerprint density at radius 3 is 1.98 bits per heavy atom. The molecule has 2 heterocycles. The SMILES string of the molecule is C\C=C(/N=C(\N=C(/C)n1c2ccc(-c3ccc4ccccc4c3)cc2c2ccc3sc4c(-c5ccccc5)cccc4c3c21)c1ccccc1)c1ccccc1. The molecule has 0 spiro atoms. The molecule has 0 bridgehead atoms. The van der Waals surface area contributed by atoms with Crippen molar-refractivity contribution >= 4 is 81.5 Å². The van der Waals surface area contributed by atoms with E-state index in [4.69, 9.17) is 9.98 Å². The summed E-state index contributed by atoms with van der Waals surface area (Å²) >= 11 is 1.86. The van der Waals surface area contributed by atoms with Crippen LogP contribution in [0.25, 0.3) is 80.7 Å². The Bertz CT molecular complexity index is 3180. The summed E-state index contributed by atoms with van der Waals surface area (Å²) in [5.41, 5.74) is 10.0. The molecule has 0 aliphatic rings. The molecule has 0 atom stereocenters. The summed E-state index contributed by atoms with van der Waals surface area (Å²) in [5, 5.41) is 7.37. The summed E-state index contributed by atoms with van der Waals surface area (Å²) in [6.07, 6.45) is 2.06. The summed E-state index contributed by atoms with van der Waals surface area (Å²) in [5.74, 6) is 1.51. The number of nitrogens with zero attached hydrogens (tertiary/aromatic N) is 3. The lowest BCUT2D eigenvalue weighted by Crippen LogP contribution is -2.11. The zero-order valence-corrected chi connectivity index (χ0v) is 32.0. The average Bonchev–Trinajstić information content (AvgIpc) is 3.81. The van der Waals surface area contributed by atoms with Crippen molar-refractivity contribution in [1.29, 1.82) is 0 Å². The maximum absolute atomic E-state index is 5.45. The molecule has 8 aromatic carbocycles. The lowest BCUT2D eigenvalue weighted by atomic mass is 9.99. The molecule has 0 saturated heterocycles. The third-order valence-corrected chi connectivity index (χ3v) is 12.0. The Morgan fingerprint density at radius 1 is 0.536 bits per heavy atom. The van der Waals surface area contributed by atoms with Gasteiger partial charge in [-0.2, -0.15) is 0 Å². The molecule has 4 heteroatoms. The van der Waals surface area contributed by atoms with Gasteiger partial charge in [-0.25, -0.2) is 9.98 Å². The fourth-order valence-electron chi connectivity index (χ4n) is 8.08. The van der Waals surface area contributed by atoms with Crippen LogP contribution in [0.15, 0.2) is 198 Å². The van der Waals surface area contributed by atoms with Gasteiger partial charge in [0.2, 0.25) is 0 Å². The first-order chi connectivity index (χ1) is 27.6. The maximum Gasteiger partial charge on any atom is 0.161 e. The van der Waals surface area contributed by atoms with Gasteiger partial charge in [0.05, 0.1) is 16.7 Å². The van der Waals surface area contributed by atoms with Crippen molar-refractivity contribution in [2.45, 2.75) is 13.8 Å². The summed E-state index contributed by atoms with van der Waals surface area (Å²) < 4.78 is 4.91. The quantitative estimate of drug-likeness (QED) is 0.124. The first kappa shape index (κ1) is 33.7. The van der Waals surface area contributed by atoms with E-state index >= 15 is 0 Å². The van der Waals surface area contributed by atoms with Gasteiger partial charge in [-0.3, -0.25) is 4.57 Å². The van der Waals surface area contributed by atoms with Gasteiger partial charge in [0.15, 0.2) is 5.84 Å². The number of thiophene rings is 1. The molecule has 10 aromatic rings. The van der Waals surface area contributed by atoms with Gasteiger partial charge < -0.3 is 0 Å². The molecule has 0 radical (unpaired) electrons. The average molecular weight is 736 g/mol. The molecular formula is C52H37N3S. The second-order valence-electron chi connectivity index (χ2n) is 14.1. The third kappa shape index (κ3) is 5.83. The summed E-state index contributed by atoms with van der Waals surface area (Å²) in [4.78, 5) is 10.7. The number of hydrogen-bond acceptors (Lipinski definition) is 2. The topological polar surface area (TPSA) is 29.6 Å². The Kier molecular flexibility index (Phi) is 8.46. The second kappa shape index (κ2) is 14.1. The van der Waals surface area contributed by atoms with Crippen LogP contribution in [0.3, 0.4) is 0 Å². The van der Waals surface area contributed by atoms with Crippen LogP contribution in [-0.4, -0.2) is 16.2 Å². The van der Waals surface area contributed by atoms with E-state index in [2.05, 4.69) is 175 Å². The lowest BCUT2D eigenvalue weighted by Gasteiger charge is -2.11. The van der Waals surface area contributed by atoms with Crippen LogP contribution in [0.1, 0.15) is 25.0 Å². The largest absolute Gasteiger partial charge is 0.297 e. The highest BCUT2D eigenvalue weighted by Crippen LogP contribution is 2.45. The second-order valence-corrected chi connectivity index (χ2v) is 15.2. The minimum atomic E-state index is 0.663. The molecule has 3 nitrogen and oxygen atoms in total. The minimum Gasteiger partial charge on any atom is -0.297 e. The first-order valence-corrected chi connectivity index (χ1v) is 19.8. The molecule has 56 heavy (non-hydrogen) atoms. The van der Waals surface area contributed by atoms with E-state index in [1.54, 1.807) is 0 Å². The molecule has 0 aliphatic carbocycles. The Labute approximate surface area is 329 Å². The molecule has 266 valence electrons. The van der Waals surface area contributed by atoms with Crippen LogP contribution in [0, 0.1) is 0 Å². The number of fused-ring (bicyclic) bond motifs is 8. The van der Waals surface area contributed by atoms with Crippen molar-refractivity contribution in [3.63, 3.8) is 0 Å². The third-order valence-electron chi connectivity index (χ3n) is 10.7. The van der Waals surface area contributed by atoms with Crippen molar-refractivity contribution in [3.8, 4) is 22.3 Å². The van der Waals surface area contributed by atoms with Crippen LogP contribution in [0.2, 0.25) is 0 Å². The van der Waals surface area contributed by atoms with E-state index in [1.807, 2.05) is 42.5 Å². The number of benzene rings is 8. The van der Waals surface area contributed by atoms with Crippen molar-refractivity contribution in [2.75, 3.05) is 0 Å². The van der Waals surface area contributed by atoms with Gasteiger partial charge >= 0.3 is 0 Å². The van der Waals surface area contributed by atoms with Crippen molar-refractivity contribution in [3.05, 3.63) is 199 Å². The van der Waals surface area contributed by atoms with Crippen molar-refractivity contribution in [2.24, 2.45) is 9.98 Å². The maximum atomic E-state index is 5.45.